The minimum atomic E-state index is -3.57. The average Bonchev–Trinajstić information content (AvgIpc) is 2.36. The van der Waals surface area contributed by atoms with Crippen molar-refractivity contribution < 1.29 is 27.9 Å². The summed E-state index contributed by atoms with van der Waals surface area (Å²) in [6.45, 7) is 0.213. The van der Waals surface area contributed by atoms with Crippen molar-refractivity contribution in [2.24, 2.45) is 5.73 Å². The zero-order chi connectivity index (χ0) is 16.2. The fourth-order valence-electron chi connectivity index (χ4n) is 2.23. The van der Waals surface area contributed by atoms with Gasteiger partial charge in [0.1, 0.15) is 12.1 Å². The predicted octanol–water partition coefficient (Wildman–Crippen LogP) is -1.75. The second kappa shape index (κ2) is 6.85. The first-order chi connectivity index (χ1) is 9.62. The molecule has 2 unspecified atom stereocenters. The number of aliphatic carboxylic acids is 1. The van der Waals surface area contributed by atoms with E-state index in [-0.39, 0.29) is 6.54 Å². The van der Waals surface area contributed by atoms with Crippen LogP contribution in [0.2, 0.25) is 0 Å². The third kappa shape index (κ3) is 4.97. The summed E-state index contributed by atoms with van der Waals surface area (Å²) in [7, 11) is -3.57. The summed E-state index contributed by atoms with van der Waals surface area (Å²) in [5.74, 6) is -3.00. The maximum absolute atomic E-state index is 12.1. The molecule has 4 N–H and O–H groups in total. The van der Waals surface area contributed by atoms with Gasteiger partial charge < -0.3 is 16.2 Å². The Morgan fingerprint density at radius 1 is 1.38 bits per heavy atom. The van der Waals surface area contributed by atoms with E-state index in [1.54, 1.807) is 0 Å². The van der Waals surface area contributed by atoms with E-state index in [9.17, 15) is 22.8 Å². The Balaban J connectivity index is 2.84. The van der Waals surface area contributed by atoms with E-state index in [1.165, 1.54) is 0 Å². The molecule has 0 aromatic carbocycles. The van der Waals surface area contributed by atoms with Gasteiger partial charge in [0.05, 0.1) is 12.7 Å². The van der Waals surface area contributed by atoms with Gasteiger partial charge in [0, 0.05) is 6.54 Å². The SMILES string of the molecule is CS(=O)(=O)N1CCCCC1C(=O)NC(CC(N)=O)C(=O)O. The first-order valence-corrected chi connectivity index (χ1v) is 8.26. The van der Waals surface area contributed by atoms with Gasteiger partial charge >= 0.3 is 5.97 Å². The molecule has 21 heavy (non-hydrogen) atoms. The molecule has 9 nitrogen and oxygen atoms in total. The van der Waals surface area contributed by atoms with E-state index in [0.717, 1.165) is 10.6 Å². The third-order valence-electron chi connectivity index (χ3n) is 3.20. The maximum Gasteiger partial charge on any atom is 0.326 e. The predicted molar refractivity (Wildman–Crippen MR) is 72.6 cm³/mol. The lowest BCUT2D eigenvalue weighted by Crippen LogP contribution is -2.55. The third-order valence-corrected chi connectivity index (χ3v) is 4.49. The Hall–Kier alpha value is -1.68. The van der Waals surface area contributed by atoms with E-state index >= 15 is 0 Å². The van der Waals surface area contributed by atoms with Crippen LogP contribution in [-0.4, -0.2) is 60.5 Å². The summed E-state index contributed by atoms with van der Waals surface area (Å²) in [5.41, 5.74) is 4.92. The molecule has 120 valence electrons. The lowest BCUT2D eigenvalue weighted by molar-refractivity contribution is -0.144. The highest BCUT2D eigenvalue weighted by Gasteiger charge is 2.36. The van der Waals surface area contributed by atoms with Gasteiger partial charge in [-0.1, -0.05) is 6.42 Å². The minimum Gasteiger partial charge on any atom is -0.480 e. The van der Waals surface area contributed by atoms with Crippen molar-refractivity contribution in [3.8, 4) is 0 Å². The molecule has 0 aromatic heterocycles. The smallest absolute Gasteiger partial charge is 0.326 e. The van der Waals surface area contributed by atoms with Crippen LogP contribution in [-0.2, 0) is 24.4 Å². The van der Waals surface area contributed by atoms with Crippen LogP contribution in [0.1, 0.15) is 25.7 Å². The van der Waals surface area contributed by atoms with Gasteiger partial charge in [0.2, 0.25) is 21.8 Å². The average molecular weight is 321 g/mol. The Labute approximate surface area is 122 Å². The topological polar surface area (TPSA) is 147 Å². The van der Waals surface area contributed by atoms with Crippen LogP contribution in [0.4, 0.5) is 0 Å². The zero-order valence-corrected chi connectivity index (χ0v) is 12.4. The summed E-state index contributed by atoms with van der Waals surface area (Å²) in [6.07, 6.45) is 2.06. The van der Waals surface area contributed by atoms with Gasteiger partial charge in [-0.05, 0) is 12.8 Å². The Morgan fingerprint density at radius 2 is 2.00 bits per heavy atom. The van der Waals surface area contributed by atoms with Gasteiger partial charge in [-0.3, -0.25) is 9.59 Å². The summed E-state index contributed by atoms with van der Waals surface area (Å²) in [5, 5.41) is 11.1. The summed E-state index contributed by atoms with van der Waals surface area (Å²) < 4.78 is 24.4. The van der Waals surface area contributed by atoms with Crippen molar-refractivity contribution in [1.29, 1.82) is 0 Å². The highest BCUT2D eigenvalue weighted by atomic mass is 32.2. The van der Waals surface area contributed by atoms with E-state index in [4.69, 9.17) is 10.8 Å². The monoisotopic (exact) mass is 321 g/mol. The molecule has 0 aliphatic carbocycles. The number of carbonyl (C=O) groups excluding carboxylic acids is 2. The van der Waals surface area contributed by atoms with Gasteiger partial charge in [0.25, 0.3) is 0 Å². The molecule has 1 aliphatic heterocycles. The second-order valence-electron chi connectivity index (χ2n) is 4.96. The van der Waals surface area contributed by atoms with Gasteiger partial charge in [-0.15, -0.1) is 0 Å². The quantitative estimate of drug-likeness (QED) is 0.528. The van der Waals surface area contributed by atoms with Crippen LogP contribution in [0.3, 0.4) is 0 Å². The van der Waals surface area contributed by atoms with Crippen molar-refractivity contribution in [1.82, 2.24) is 9.62 Å². The van der Waals surface area contributed by atoms with Gasteiger partial charge in [0.15, 0.2) is 0 Å². The lowest BCUT2D eigenvalue weighted by Gasteiger charge is -2.33. The van der Waals surface area contributed by atoms with Crippen LogP contribution >= 0.6 is 0 Å². The maximum atomic E-state index is 12.1. The van der Waals surface area contributed by atoms with Crippen molar-refractivity contribution in [3.63, 3.8) is 0 Å². The van der Waals surface area contributed by atoms with Crippen molar-refractivity contribution in [2.75, 3.05) is 12.8 Å². The van der Waals surface area contributed by atoms with Crippen LogP contribution in [0.5, 0.6) is 0 Å². The number of carboxylic acid groups (broad SMARTS) is 1. The molecule has 0 radical (unpaired) electrons. The second-order valence-corrected chi connectivity index (χ2v) is 6.89. The van der Waals surface area contributed by atoms with Crippen LogP contribution in [0.15, 0.2) is 0 Å². The fraction of sp³-hybridized carbons (Fsp3) is 0.727. The van der Waals surface area contributed by atoms with Crippen molar-refractivity contribution in [3.05, 3.63) is 0 Å². The molecule has 0 aromatic rings. The number of hydrogen-bond donors (Lipinski definition) is 3. The number of amides is 2. The van der Waals surface area contributed by atoms with E-state index < -0.39 is 46.3 Å². The Morgan fingerprint density at radius 3 is 2.48 bits per heavy atom. The van der Waals surface area contributed by atoms with Crippen LogP contribution in [0, 0.1) is 0 Å². The van der Waals surface area contributed by atoms with Crippen molar-refractivity contribution in [2.45, 2.75) is 37.8 Å². The molecular formula is C11H19N3O6S. The summed E-state index contributed by atoms with van der Waals surface area (Å²) >= 11 is 0. The molecule has 0 saturated carbocycles. The normalized spacial score (nSPS) is 21.5. The van der Waals surface area contributed by atoms with Gasteiger partial charge in [-0.2, -0.15) is 4.31 Å². The molecule has 10 heteroatoms. The largest absolute Gasteiger partial charge is 0.480 e. The number of piperidine rings is 1. The van der Waals surface area contributed by atoms with E-state index in [0.29, 0.717) is 19.3 Å². The molecule has 2 amide bonds. The van der Waals surface area contributed by atoms with E-state index in [2.05, 4.69) is 5.32 Å². The molecule has 0 bridgehead atoms. The number of nitrogens with two attached hydrogens (primary N) is 1. The number of hydrogen-bond acceptors (Lipinski definition) is 5. The molecule has 2 atom stereocenters. The number of rotatable bonds is 6. The molecule has 1 aliphatic rings. The van der Waals surface area contributed by atoms with E-state index in [1.807, 2.05) is 0 Å². The fourth-order valence-corrected chi connectivity index (χ4v) is 3.36. The first kappa shape index (κ1) is 17.4. The van der Waals surface area contributed by atoms with Crippen LogP contribution < -0.4 is 11.1 Å². The molecule has 1 rings (SSSR count). The molecule has 1 saturated heterocycles. The van der Waals surface area contributed by atoms with Crippen LogP contribution in [0.25, 0.3) is 0 Å². The first-order valence-electron chi connectivity index (χ1n) is 6.41. The molecular weight excluding hydrogens is 302 g/mol. The standard InChI is InChI=1S/C11H19N3O6S/c1-21(19,20)14-5-3-2-4-8(14)10(16)13-7(11(17)18)6-9(12)15/h7-8H,2-6H2,1H3,(H2,12,15)(H,13,16)(H,17,18). The number of nitrogens with zero attached hydrogens (tertiary/aromatic N) is 1. The minimum absolute atomic E-state index is 0.213. The van der Waals surface area contributed by atoms with Crippen molar-refractivity contribution >= 4 is 27.8 Å². The molecule has 1 fully saturated rings. The highest BCUT2D eigenvalue weighted by molar-refractivity contribution is 7.88. The summed E-state index contributed by atoms with van der Waals surface area (Å²) in [4.78, 5) is 33.9. The number of nitrogens with one attached hydrogen (secondary N) is 1. The zero-order valence-electron chi connectivity index (χ0n) is 11.6. The molecule has 0 spiro atoms. The number of carboxylic acids is 1. The highest BCUT2D eigenvalue weighted by Crippen LogP contribution is 2.20. The Bertz CT molecular complexity index is 532. The number of primary amides is 1. The number of sulfonamides is 1. The molecule has 1 heterocycles. The Kier molecular flexibility index (Phi) is 5.67. The van der Waals surface area contributed by atoms with Gasteiger partial charge in [-0.25, -0.2) is 13.2 Å². The lowest BCUT2D eigenvalue weighted by atomic mass is 10.0. The summed E-state index contributed by atoms with van der Waals surface area (Å²) in [6, 6.07) is -2.41. The number of carbonyl (C=O) groups is 3.